The van der Waals surface area contributed by atoms with Gasteiger partial charge in [-0.1, -0.05) is 23.7 Å². The van der Waals surface area contributed by atoms with Crippen molar-refractivity contribution in [2.75, 3.05) is 0 Å². The molecular formula is C17H15ClN4O2. The van der Waals surface area contributed by atoms with E-state index in [1.54, 1.807) is 18.2 Å². The molecule has 0 aliphatic heterocycles. The Kier molecular flexibility index (Phi) is 5.17. The maximum atomic E-state index is 12.5. The first-order valence-electron chi connectivity index (χ1n) is 7.06. The third-order valence-corrected chi connectivity index (χ3v) is 3.91. The Labute approximate surface area is 144 Å². The monoisotopic (exact) mass is 342 g/mol. The molecule has 6 nitrogen and oxygen atoms in total. The number of nitrogens with zero attached hydrogens (tertiary/aromatic N) is 4. The molecule has 0 saturated heterocycles. The lowest BCUT2D eigenvalue weighted by atomic mass is 10.1. The number of azo groups is 1. The van der Waals surface area contributed by atoms with Crippen LogP contribution < -0.4 is 5.56 Å². The van der Waals surface area contributed by atoms with Gasteiger partial charge in [0.15, 0.2) is 5.69 Å². The fourth-order valence-electron chi connectivity index (χ4n) is 2.11. The molecule has 1 N–H and O–H groups in total. The molecule has 0 fully saturated rings. The zero-order valence-electron chi connectivity index (χ0n) is 13.2. The van der Waals surface area contributed by atoms with Crippen LogP contribution in [0.25, 0.3) is 0 Å². The third-order valence-electron chi connectivity index (χ3n) is 3.50. The van der Waals surface area contributed by atoms with Gasteiger partial charge in [0.05, 0.1) is 5.69 Å². The van der Waals surface area contributed by atoms with E-state index in [-0.39, 0.29) is 23.4 Å². The van der Waals surface area contributed by atoms with Crippen LogP contribution in [0.5, 0.6) is 5.88 Å². The van der Waals surface area contributed by atoms with Gasteiger partial charge in [-0.25, -0.2) is 0 Å². The van der Waals surface area contributed by atoms with E-state index in [1.165, 1.54) is 13.0 Å². The summed E-state index contributed by atoms with van der Waals surface area (Å²) in [5.74, 6) is -0.405. The quantitative estimate of drug-likeness (QED) is 0.663. The molecule has 0 aliphatic carbocycles. The molecule has 0 spiro atoms. The van der Waals surface area contributed by atoms with Crippen molar-refractivity contribution in [3.05, 3.63) is 62.9 Å². The number of halogens is 1. The molecule has 0 amide bonds. The van der Waals surface area contributed by atoms with E-state index < -0.39 is 11.4 Å². The fraction of sp³-hybridized carbons (Fsp3) is 0.176. The first kappa shape index (κ1) is 17.4. The highest BCUT2D eigenvalue weighted by Gasteiger charge is 2.18. The van der Waals surface area contributed by atoms with Crippen molar-refractivity contribution < 1.29 is 5.11 Å². The van der Waals surface area contributed by atoms with Gasteiger partial charge >= 0.3 is 0 Å². The Bertz CT molecular complexity index is 939. The van der Waals surface area contributed by atoms with Crippen molar-refractivity contribution in [2.45, 2.75) is 20.4 Å². The molecule has 0 atom stereocenters. The number of hydrogen-bond acceptors (Lipinski definition) is 5. The number of pyridine rings is 1. The Morgan fingerprint density at radius 2 is 2.12 bits per heavy atom. The number of rotatable bonds is 4. The summed E-state index contributed by atoms with van der Waals surface area (Å²) in [5, 5.41) is 27.8. The topological polar surface area (TPSA) is 90.7 Å². The van der Waals surface area contributed by atoms with Crippen molar-refractivity contribution in [1.82, 2.24) is 4.57 Å². The van der Waals surface area contributed by atoms with E-state index in [2.05, 4.69) is 16.8 Å². The van der Waals surface area contributed by atoms with Crippen molar-refractivity contribution >= 4 is 23.0 Å². The average molecular weight is 343 g/mol. The van der Waals surface area contributed by atoms with Crippen LogP contribution in [0.1, 0.15) is 16.7 Å². The minimum absolute atomic E-state index is 0.0112. The molecule has 1 aromatic heterocycles. The molecular weight excluding hydrogens is 328 g/mol. The van der Waals surface area contributed by atoms with Crippen molar-refractivity contribution in [3.8, 4) is 11.9 Å². The first-order chi connectivity index (χ1) is 11.4. The average Bonchev–Trinajstić information content (AvgIpc) is 2.55. The molecule has 0 radical (unpaired) electrons. The van der Waals surface area contributed by atoms with Gasteiger partial charge in [0.1, 0.15) is 11.6 Å². The predicted octanol–water partition coefficient (Wildman–Crippen LogP) is 4.30. The highest BCUT2D eigenvalue weighted by atomic mass is 35.5. The van der Waals surface area contributed by atoms with E-state index in [0.29, 0.717) is 10.7 Å². The number of aromatic nitrogens is 1. The van der Waals surface area contributed by atoms with Gasteiger partial charge in [-0.3, -0.25) is 9.36 Å². The van der Waals surface area contributed by atoms with E-state index >= 15 is 0 Å². The molecule has 122 valence electrons. The summed E-state index contributed by atoms with van der Waals surface area (Å²) in [4.78, 5) is 12.5. The molecule has 2 rings (SSSR count). The van der Waals surface area contributed by atoms with Gasteiger partial charge in [-0.2, -0.15) is 10.4 Å². The predicted molar refractivity (Wildman–Crippen MR) is 92.4 cm³/mol. The molecule has 2 aromatic rings. The summed E-state index contributed by atoms with van der Waals surface area (Å²) in [6, 6.07) is 7.01. The normalized spacial score (nSPS) is 10.8. The smallest absolute Gasteiger partial charge is 0.281 e. The van der Waals surface area contributed by atoms with E-state index in [0.717, 1.165) is 10.1 Å². The molecule has 1 heterocycles. The Morgan fingerprint density at radius 1 is 1.42 bits per heavy atom. The van der Waals surface area contributed by atoms with Crippen LogP contribution in [0.15, 0.2) is 45.9 Å². The van der Waals surface area contributed by atoms with Crippen molar-refractivity contribution in [2.24, 2.45) is 10.2 Å². The summed E-state index contributed by atoms with van der Waals surface area (Å²) in [6.07, 6.45) is 1.44. The van der Waals surface area contributed by atoms with Crippen molar-refractivity contribution in [1.29, 1.82) is 5.26 Å². The number of benzene rings is 1. The summed E-state index contributed by atoms with van der Waals surface area (Å²) < 4.78 is 1.02. The summed E-state index contributed by atoms with van der Waals surface area (Å²) in [5.41, 5.74) is 1.06. The van der Waals surface area contributed by atoms with Crippen LogP contribution in [0, 0.1) is 25.2 Å². The molecule has 24 heavy (non-hydrogen) atoms. The number of aromatic hydroxyl groups is 1. The third kappa shape index (κ3) is 3.21. The minimum atomic E-state index is -0.550. The molecule has 7 heteroatoms. The maximum Gasteiger partial charge on any atom is 0.281 e. The second kappa shape index (κ2) is 7.11. The largest absolute Gasteiger partial charge is 0.493 e. The summed E-state index contributed by atoms with van der Waals surface area (Å²) in [7, 11) is 0. The molecule has 0 aliphatic rings. The van der Waals surface area contributed by atoms with Crippen LogP contribution in [-0.2, 0) is 6.54 Å². The van der Waals surface area contributed by atoms with Gasteiger partial charge in [0, 0.05) is 17.1 Å². The van der Waals surface area contributed by atoms with Crippen LogP contribution in [-0.4, -0.2) is 9.67 Å². The summed E-state index contributed by atoms with van der Waals surface area (Å²) >= 11 is 6.04. The first-order valence-corrected chi connectivity index (χ1v) is 7.43. The van der Waals surface area contributed by atoms with E-state index in [1.807, 2.05) is 13.0 Å². The van der Waals surface area contributed by atoms with Crippen LogP contribution >= 0.6 is 11.6 Å². The number of aryl methyl sites for hydroxylation is 1. The second-order valence-electron chi connectivity index (χ2n) is 5.12. The molecule has 0 bridgehead atoms. The van der Waals surface area contributed by atoms with E-state index in [9.17, 15) is 15.2 Å². The van der Waals surface area contributed by atoms with Crippen molar-refractivity contribution in [3.63, 3.8) is 0 Å². The van der Waals surface area contributed by atoms with E-state index in [4.69, 9.17) is 11.6 Å². The molecule has 1 aromatic carbocycles. The highest BCUT2D eigenvalue weighted by molar-refractivity contribution is 6.31. The lowest BCUT2D eigenvalue weighted by Crippen LogP contribution is -2.21. The second-order valence-corrected chi connectivity index (χ2v) is 5.53. The zero-order valence-corrected chi connectivity index (χ0v) is 14.0. The van der Waals surface area contributed by atoms with Gasteiger partial charge in [-0.05, 0) is 31.5 Å². The van der Waals surface area contributed by atoms with Gasteiger partial charge in [0.2, 0.25) is 5.88 Å². The van der Waals surface area contributed by atoms with Crippen LogP contribution in [0.2, 0.25) is 5.02 Å². The standard InChI is InChI=1S/C17H15ClN4O2/c1-4-7-22-16(23)13(9-19)11(3)15(17(22)24)21-20-12-6-5-10(2)14(18)8-12/h4-6,8,23H,1,7H2,2-3H3. The highest BCUT2D eigenvalue weighted by Crippen LogP contribution is 2.28. The fourth-order valence-corrected chi connectivity index (χ4v) is 2.28. The SMILES string of the molecule is C=CCn1c(O)c(C#N)c(C)c(N=Nc2ccc(C)c(Cl)c2)c1=O. The zero-order chi connectivity index (χ0) is 17.9. The minimum Gasteiger partial charge on any atom is -0.493 e. The number of allylic oxidation sites excluding steroid dienone is 1. The van der Waals surface area contributed by atoms with Gasteiger partial charge < -0.3 is 5.11 Å². The maximum absolute atomic E-state index is 12.5. The molecule has 0 unspecified atom stereocenters. The van der Waals surface area contributed by atoms with Crippen LogP contribution in [0.3, 0.4) is 0 Å². The Morgan fingerprint density at radius 3 is 2.71 bits per heavy atom. The summed E-state index contributed by atoms with van der Waals surface area (Å²) in [6.45, 7) is 6.99. The van der Waals surface area contributed by atoms with Gasteiger partial charge in [-0.15, -0.1) is 11.7 Å². The Balaban J connectivity index is 2.61. The molecule has 0 saturated carbocycles. The lowest BCUT2D eigenvalue weighted by molar-refractivity contribution is 0.414. The Hall–Kier alpha value is -2.91. The number of nitriles is 1. The number of hydrogen-bond donors (Lipinski definition) is 1. The lowest BCUT2D eigenvalue weighted by Gasteiger charge is -2.11. The van der Waals surface area contributed by atoms with Gasteiger partial charge in [0.25, 0.3) is 5.56 Å². The van der Waals surface area contributed by atoms with Crippen LogP contribution in [0.4, 0.5) is 11.4 Å².